The lowest BCUT2D eigenvalue weighted by atomic mass is 9.92. The lowest BCUT2D eigenvalue weighted by Gasteiger charge is -2.14. The van der Waals surface area contributed by atoms with Gasteiger partial charge in [-0.1, -0.05) is 25.2 Å². The van der Waals surface area contributed by atoms with Crippen LogP contribution in [0.2, 0.25) is 0 Å². The molecule has 0 saturated heterocycles. The van der Waals surface area contributed by atoms with Crippen molar-refractivity contribution in [3.63, 3.8) is 0 Å². The molecular weight excluding hydrogens is 444 g/mol. The van der Waals surface area contributed by atoms with E-state index < -0.39 is 24.0 Å². The van der Waals surface area contributed by atoms with E-state index in [0.29, 0.717) is 19.3 Å². The molecule has 3 atom stereocenters. The minimum atomic E-state index is -0.744. The Hall–Kier alpha value is -3.30. The number of methoxy groups -OCH3 is 2. The lowest BCUT2D eigenvalue weighted by molar-refractivity contribution is -0.145. The van der Waals surface area contributed by atoms with Crippen molar-refractivity contribution in [3.05, 3.63) is 24.8 Å². The summed E-state index contributed by atoms with van der Waals surface area (Å²) in [6, 6.07) is -1.35. The van der Waals surface area contributed by atoms with Crippen molar-refractivity contribution < 1.29 is 38.2 Å². The quantitative estimate of drug-likeness (QED) is 0.282. The number of allylic oxidation sites excluding steroid dienone is 1. The second-order valence-electron chi connectivity index (χ2n) is 7.44. The van der Waals surface area contributed by atoms with E-state index >= 15 is 0 Å². The summed E-state index contributed by atoms with van der Waals surface area (Å²) in [5.41, 5.74) is 0. The zero-order valence-electron chi connectivity index (χ0n) is 21.0. The highest BCUT2D eigenvalue weighted by Crippen LogP contribution is 2.14. The molecule has 0 spiro atoms. The molecule has 0 aliphatic heterocycles. The first-order valence-electron chi connectivity index (χ1n) is 10.9. The fraction of sp³-hybridized carbons (Fsp3) is 0.583. The van der Waals surface area contributed by atoms with Crippen molar-refractivity contribution in [2.45, 2.75) is 71.9 Å². The van der Waals surface area contributed by atoms with Crippen LogP contribution >= 0.6 is 0 Å². The third-order valence-corrected chi connectivity index (χ3v) is 4.43. The molecule has 0 rings (SSSR count). The van der Waals surface area contributed by atoms with Gasteiger partial charge in [0, 0.05) is 32.6 Å². The molecule has 0 unspecified atom stereocenters. The van der Waals surface area contributed by atoms with Gasteiger partial charge in [-0.25, -0.2) is 9.59 Å². The van der Waals surface area contributed by atoms with Crippen molar-refractivity contribution >= 4 is 35.3 Å². The maximum atomic E-state index is 11.8. The van der Waals surface area contributed by atoms with E-state index in [1.807, 2.05) is 0 Å². The highest BCUT2D eigenvalue weighted by atomic mass is 16.5. The number of rotatable bonds is 14. The van der Waals surface area contributed by atoms with Crippen LogP contribution in [0.3, 0.4) is 0 Å². The number of hydrogen-bond acceptors (Lipinski definition) is 8. The summed E-state index contributed by atoms with van der Waals surface area (Å²) >= 11 is 0. The number of carbonyl (C=O) groups is 6. The third kappa shape index (κ3) is 16.3. The molecule has 10 nitrogen and oxygen atoms in total. The summed E-state index contributed by atoms with van der Waals surface area (Å²) in [4.78, 5) is 67.0. The smallest absolute Gasteiger partial charge is 0.328 e. The van der Waals surface area contributed by atoms with Crippen molar-refractivity contribution in [3.8, 4) is 0 Å². The highest BCUT2D eigenvalue weighted by Gasteiger charge is 2.20. The van der Waals surface area contributed by atoms with Gasteiger partial charge in [0.1, 0.15) is 23.7 Å². The number of ether oxygens (including phenoxy) is 2. The Bertz CT molecular complexity index is 705. The zero-order chi connectivity index (χ0) is 26.7. The highest BCUT2D eigenvalue weighted by molar-refractivity contribution is 5.87. The molecule has 10 heteroatoms. The molecular formula is C24H38N2O8. The maximum absolute atomic E-state index is 11.8. The van der Waals surface area contributed by atoms with Crippen LogP contribution in [-0.2, 0) is 38.2 Å². The molecule has 0 aromatic rings. The van der Waals surface area contributed by atoms with Crippen molar-refractivity contribution in [1.29, 1.82) is 0 Å². The second-order valence-corrected chi connectivity index (χ2v) is 7.44. The van der Waals surface area contributed by atoms with E-state index in [0.717, 1.165) is 0 Å². The Morgan fingerprint density at radius 3 is 1.59 bits per heavy atom. The Kier molecular flexibility index (Phi) is 18.6. The minimum Gasteiger partial charge on any atom is -0.467 e. The molecule has 0 aromatic carbocycles. The molecule has 0 saturated carbocycles. The Labute approximate surface area is 201 Å². The molecule has 0 radical (unpaired) electrons. The van der Waals surface area contributed by atoms with E-state index in [4.69, 9.17) is 0 Å². The van der Waals surface area contributed by atoms with Crippen LogP contribution in [0.15, 0.2) is 24.8 Å². The predicted octanol–water partition coefficient (Wildman–Crippen LogP) is 1.82. The molecule has 0 fully saturated rings. The van der Waals surface area contributed by atoms with Gasteiger partial charge in [-0.15, -0.1) is 6.58 Å². The van der Waals surface area contributed by atoms with Crippen molar-refractivity contribution in [2.24, 2.45) is 5.92 Å². The largest absolute Gasteiger partial charge is 0.467 e. The van der Waals surface area contributed by atoms with Crippen LogP contribution < -0.4 is 10.6 Å². The molecule has 0 aromatic heterocycles. The van der Waals surface area contributed by atoms with E-state index in [2.05, 4.69) is 26.7 Å². The average Bonchev–Trinajstić information content (AvgIpc) is 2.77. The first-order valence-corrected chi connectivity index (χ1v) is 10.9. The van der Waals surface area contributed by atoms with Gasteiger partial charge in [-0.2, -0.15) is 0 Å². The fourth-order valence-electron chi connectivity index (χ4n) is 2.83. The van der Waals surface area contributed by atoms with E-state index in [1.165, 1.54) is 35.0 Å². The van der Waals surface area contributed by atoms with Gasteiger partial charge in [0.2, 0.25) is 11.8 Å². The van der Waals surface area contributed by atoms with Gasteiger partial charge in [0.25, 0.3) is 0 Å². The zero-order valence-corrected chi connectivity index (χ0v) is 21.0. The first kappa shape index (κ1) is 32.9. The molecule has 0 bridgehead atoms. The van der Waals surface area contributed by atoms with Gasteiger partial charge in [0.05, 0.1) is 14.2 Å². The van der Waals surface area contributed by atoms with Gasteiger partial charge in [-0.3, -0.25) is 14.4 Å². The summed E-state index contributed by atoms with van der Waals surface area (Å²) in [7, 11) is 2.53. The normalized spacial score (nSPS) is 12.8. The Balaban J connectivity index is 0. The van der Waals surface area contributed by atoms with Gasteiger partial charge in [-0.05, 0) is 26.2 Å². The first-order chi connectivity index (χ1) is 15.9. The minimum absolute atomic E-state index is 0.0223. The van der Waals surface area contributed by atoms with Crippen LogP contribution in [0.1, 0.15) is 59.8 Å². The van der Waals surface area contributed by atoms with Crippen LogP contribution in [0, 0.1) is 5.92 Å². The van der Waals surface area contributed by atoms with Crippen LogP contribution in [0.5, 0.6) is 0 Å². The monoisotopic (exact) mass is 482 g/mol. The molecule has 0 aliphatic carbocycles. The van der Waals surface area contributed by atoms with Crippen LogP contribution in [0.4, 0.5) is 0 Å². The summed E-state index contributed by atoms with van der Waals surface area (Å²) < 4.78 is 9.08. The number of amides is 2. The van der Waals surface area contributed by atoms with E-state index in [1.54, 1.807) is 25.2 Å². The SMILES string of the molecule is C=CC[C@H](NC(C)=O)C(=O)OC.CCC(=O)[C@H](CC=CC[C@H](NC(C)=O)C(=O)OC)CC(C)=O. The summed E-state index contributed by atoms with van der Waals surface area (Å²) in [6.45, 7) is 9.36. The second kappa shape index (κ2) is 19.2. The van der Waals surface area contributed by atoms with Crippen molar-refractivity contribution in [1.82, 2.24) is 10.6 Å². The van der Waals surface area contributed by atoms with Gasteiger partial charge < -0.3 is 24.9 Å². The van der Waals surface area contributed by atoms with Crippen molar-refractivity contribution in [2.75, 3.05) is 14.2 Å². The fourth-order valence-corrected chi connectivity index (χ4v) is 2.83. The number of esters is 2. The Morgan fingerprint density at radius 1 is 0.794 bits per heavy atom. The molecule has 0 aliphatic rings. The topological polar surface area (TPSA) is 145 Å². The molecule has 2 amide bonds. The number of carbonyl (C=O) groups excluding carboxylic acids is 6. The number of nitrogens with one attached hydrogen (secondary N) is 2. The number of Topliss-reactive ketones (excluding diaryl/α,β-unsaturated/α-hetero) is 2. The predicted molar refractivity (Wildman–Crippen MR) is 127 cm³/mol. The molecule has 0 heterocycles. The molecule has 34 heavy (non-hydrogen) atoms. The third-order valence-electron chi connectivity index (χ3n) is 4.43. The Morgan fingerprint density at radius 2 is 1.24 bits per heavy atom. The van der Waals surface area contributed by atoms with Gasteiger partial charge >= 0.3 is 11.9 Å². The molecule has 192 valence electrons. The summed E-state index contributed by atoms with van der Waals surface area (Å²) in [5.74, 6) is -1.85. The standard InChI is InChI=1S/C16H25NO5.C8H13NO3/c1-5-15(20)13(10-11(2)18)8-6-7-9-14(16(21)22-4)17-12(3)19;1-4-5-7(8(11)12-3)9-6(2)10/h6-7,13-14H,5,8-10H2,1-4H3,(H,17,19);4,7H,1,5H2,2-3H3,(H,9,10)/t13-,14+;7-/m10/s1. The van der Waals surface area contributed by atoms with Crippen LogP contribution in [0.25, 0.3) is 0 Å². The summed E-state index contributed by atoms with van der Waals surface area (Å²) in [5, 5.41) is 4.95. The molecule has 2 N–H and O–H groups in total. The van der Waals surface area contributed by atoms with Crippen LogP contribution in [-0.4, -0.2) is 61.6 Å². The average molecular weight is 483 g/mol. The maximum Gasteiger partial charge on any atom is 0.328 e. The number of ketones is 2. The summed E-state index contributed by atoms with van der Waals surface area (Å²) in [6.07, 6.45) is 6.75. The number of hydrogen-bond donors (Lipinski definition) is 2. The van der Waals surface area contributed by atoms with Gasteiger partial charge in [0.15, 0.2) is 0 Å². The van der Waals surface area contributed by atoms with E-state index in [-0.39, 0.29) is 42.1 Å². The lowest BCUT2D eigenvalue weighted by Crippen LogP contribution is -2.39. The van der Waals surface area contributed by atoms with E-state index in [9.17, 15) is 28.8 Å².